The topological polar surface area (TPSA) is 93.2 Å². The van der Waals surface area contributed by atoms with Crippen molar-refractivity contribution in [3.8, 4) is 16.9 Å². The number of nitrogens with two attached hydrogens (primary N) is 1. The van der Waals surface area contributed by atoms with Crippen LogP contribution in [-0.2, 0) is 16.4 Å². The quantitative estimate of drug-likeness (QED) is 0.379. The second-order valence-corrected chi connectivity index (χ2v) is 10.0. The zero-order valence-corrected chi connectivity index (χ0v) is 16.8. The SMILES string of the molecule is CSc1sc(C(=N)N)cc1S(=O)(=O)c1ccc2c(c1)-c1ccccc1CO2. The number of fused-ring (bicyclic) bond motifs is 3. The maximum Gasteiger partial charge on any atom is 0.208 e. The van der Waals surface area contributed by atoms with Crippen molar-refractivity contribution >= 4 is 38.8 Å². The minimum absolute atomic E-state index is 0.135. The number of thioether (sulfide) groups is 1. The molecule has 0 unspecified atom stereocenters. The normalized spacial score (nSPS) is 12.8. The Labute approximate surface area is 165 Å². The molecular formula is C19H16N2O3S3. The van der Waals surface area contributed by atoms with Crippen molar-refractivity contribution in [2.75, 3.05) is 6.26 Å². The number of hydrogen-bond donors (Lipinski definition) is 2. The van der Waals surface area contributed by atoms with Crippen LogP contribution in [0.1, 0.15) is 10.4 Å². The predicted octanol–water partition coefficient (Wildman–Crippen LogP) is 4.15. The van der Waals surface area contributed by atoms with Crippen LogP contribution in [0.25, 0.3) is 11.1 Å². The van der Waals surface area contributed by atoms with Gasteiger partial charge in [-0.3, -0.25) is 5.41 Å². The van der Waals surface area contributed by atoms with Crippen LogP contribution < -0.4 is 10.5 Å². The van der Waals surface area contributed by atoms with E-state index in [0.29, 0.717) is 21.4 Å². The van der Waals surface area contributed by atoms with E-state index in [0.717, 1.165) is 16.7 Å². The zero-order valence-electron chi connectivity index (χ0n) is 14.4. The van der Waals surface area contributed by atoms with Crippen molar-refractivity contribution in [3.63, 3.8) is 0 Å². The zero-order chi connectivity index (χ0) is 19.2. The Kier molecular flexibility index (Phi) is 4.49. The first-order chi connectivity index (χ1) is 12.9. The lowest BCUT2D eigenvalue weighted by Gasteiger charge is -2.21. The summed E-state index contributed by atoms with van der Waals surface area (Å²) >= 11 is 2.55. The molecule has 0 spiro atoms. The van der Waals surface area contributed by atoms with Gasteiger partial charge in [-0.2, -0.15) is 0 Å². The molecule has 0 saturated carbocycles. The number of benzene rings is 2. The van der Waals surface area contributed by atoms with Gasteiger partial charge in [0.1, 0.15) is 18.2 Å². The van der Waals surface area contributed by atoms with Crippen molar-refractivity contribution in [1.29, 1.82) is 5.41 Å². The summed E-state index contributed by atoms with van der Waals surface area (Å²) in [7, 11) is -3.75. The van der Waals surface area contributed by atoms with E-state index in [9.17, 15) is 8.42 Å². The van der Waals surface area contributed by atoms with E-state index in [1.165, 1.54) is 29.2 Å². The molecule has 0 atom stereocenters. The molecule has 138 valence electrons. The van der Waals surface area contributed by atoms with E-state index in [-0.39, 0.29) is 15.6 Å². The first kappa shape index (κ1) is 18.1. The van der Waals surface area contributed by atoms with E-state index in [1.54, 1.807) is 18.2 Å². The lowest BCUT2D eigenvalue weighted by Crippen LogP contribution is -2.09. The highest BCUT2D eigenvalue weighted by molar-refractivity contribution is 8.01. The van der Waals surface area contributed by atoms with Crippen LogP contribution in [0.15, 0.2) is 62.5 Å². The highest BCUT2D eigenvalue weighted by Gasteiger charge is 2.27. The summed E-state index contributed by atoms with van der Waals surface area (Å²) in [6.07, 6.45) is 1.81. The van der Waals surface area contributed by atoms with E-state index >= 15 is 0 Å². The fourth-order valence-corrected chi connectivity index (χ4v) is 6.91. The molecule has 1 aliphatic rings. The molecule has 1 aliphatic heterocycles. The average Bonchev–Trinajstić information content (AvgIpc) is 3.13. The number of hydrogen-bond acceptors (Lipinski definition) is 6. The molecule has 0 aliphatic carbocycles. The van der Waals surface area contributed by atoms with Crippen molar-refractivity contribution in [2.45, 2.75) is 20.6 Å². The van der Waals surface area contributed by atoms with Gasteiger partial charge < -0.3 is 10.5 Å². The van der Waals surface area contributed by atoms with Gasteiger partial charge in [0.25, 0.3) is 0 Å². The highest BCUT2D eigenvalue weighted by atomic mass is 32.2. The highest BCUT2D eigenvalue weighted by Crippen LogP contribution is 2.41. The van der Waals surface area contributed by atoms with Crippen molar-refractivity contribution in [1.82, 2.24) is 0 Å². The fourth-order valence-electron chi connectivity index (χ4n) is 3.02. The van der Waals surface area contributed by atoms with Gasteiger partial charge in [-0.1, -0.05) is 24.3 Å². The largest absolute Gasteiger partial charge is 0.488 e. The van der Waals surface area contributed by atoms with Crippen LogP contribution in [0, 0.1) is 5.41 Å². The average molecular weight is 417 g/mol. The molecule has 2 heterocycles. The number of thiophene rings is 1. The molecule has 0 radical (unpaired) electrons. The Morgan fingerprint density at radius 1 is 1.19 bits per heavy atom. The molecule has 0 saturated heterocycles. The summed E-state index contributed by atoms with van der Waals surface area (Å²) in [4.78, 5) is 0.837. The first-order valence-electron chi connectivity index (χ1n) is 8.04. The molecule has 3 N–H and O–H groups in total. The summed E-state index contributed by atoms with van der Waals surface area (Å²) in [5.74, 6) is 0.539. The number of nitrogens with one attached hydrogen (secondary N) is 1. The van der Waals surface area contributed by atoms with Crippen molar-refractivity contribution < 1.29 is 13.2 Å². The molecule has 27 heavy (non-hydrogen) atoms. The Hall–Kier alpha value is -2.29. The molecule has 5 nitrogen and oxygen atoms in total. The smallest absolute Gasteiger partial charge is 0.208 e. The minimum Gasteiger partial charge on any atom is -0.488 e. The van der Waals surface area contributed by atoms with Gasteiger partial charge in [0.2, 0.25) is 9.84 Å². The molecule has 4 rings (SSSR count). The van der Waals surface area contributed by atoms with Crippen LogP contribution >= 0.6 is 23.1 Å². The predicted molar refractivity (Wildman–Crippen MR) is 109 cm³/mol. The summed E-state index contributed by atoms with van der Waals surface area (Å²) in [5, 5.41) is 7.60. The third-order valence-electron chi connectivity index (χ3n) is 4.36. The minimum atomic E-state index is -3.75. The Bertz CT molecular complexity index is 1170. The van der Waals surface area contributed by atoms with Crippen LogP contribution in [0.4, 0.5) is 0 Å². The van der Waals surface area contributed by atoms with E-state index < -0.39 is 9.84 Å². The summed E-state index contributed by atoms with van der Waals surface area (Å²) in [5.41, 5.74) is 8.33. The van der Waals surface area contributed by atoms with Crippen LogP contribution in [0.3, 0.4) is 0 Å². The van der Waals surface area contributed by atoms with Gasteiger partial charge in [-0.05, 0) is 41.6 Å². The number of nitrogen functional groups attached to an aromatic ring is 1. The second kappa shape index (κ2) is 6.70. The van der Waals surface area contributed by atoms with Crippen molar-refractivity contribution in [3.05, 3.63) is 59.0 Å². The molecule has 1 aromatic heterocycles. The van der Waals surface area contributed by atoms with Crippen LogP contribution in [0.5, 0.6) is 5.75 Å². The number of amidine groups is 1. The maximum atomic E-state index is 13.3. The van der Waals surface area contributed by atoms with Gasteiger partial charge in [0, 0.05) is 5.56 Å². The van der Waals surface area contributed by atoms with E-state index in [2.05, 4.69) is 0 Å². The van der Waals surface area contributed by atoms with Gasteiger partial charge >= 0.3 is 0 Å². The lowest BCUT2D eigenvalue weighted by molar-refractivity contribution is 0.302. The first-order valence-corrected chi connectivity index (χ1v) is 11.6. The Morgan fingerprint density at radius 2 is 1.96 bits per heavy atom. The molecule has 3 aromatic rings. The molecule has 0 fully saturated rings. The summed E-state index contributed by atoms with van der Waals surface area (Å²) in [6.45, 7) is 0.471. The number of ether oxygens (including phenoxy) is 1. The van der Waals surface area contributed by atoms with E-state index in [1.807, 2.05) is 30.5 Å². The standard InChI is InChI=1S/C19H16N2O3S3/c1-25-19-17(9-16(26-19)18(20)21)27(22,23)12-6-7-15-14(8-12)13-5-3-2-4-11(13)10-24-15/h2-9H,10H2,1H3,(H3,20,21). The number of rotatable bonds is 4. The molecule has 0 bridgehead atoms. The third-order valence-corrected chi connectivity index (χ3v) is 8.70. The van der Waals surface area contributed by atoms with Gasteiger partial charge in [-0.25, -0.2) is 8.42 Å². The lowest BCUT2D eigenvalue weighted by atomic mass is 9.97. The maximum absolute atomic E-state index is 13.3. The summed E-state index contributed by atoms with van der Waals surface area (Å²) in [6, 6.07) is 14.2. The van der Waals surface area contributed by atoms with Gasteiger partial charge in [-0.15, -0.1) is 23.1 Å². The van der Waals surface area contributed by atoms with Crippen LogP contribution in [-0.4, -0.2) is 20.5 Å². The van der Waals surface area contributed by atoms with E-state index in [4.69, 9.17) is 15.9 Å². The van der Waals surface area contributed by atoms with Crippen molar-refractivity contribution in [2.24, 2.45) is 5.73 Å². The molecular weight excluding hydrogens is 400 g/mol. The third kappa shape index (κ3) is 3.03. The number of sulfone groups is 1. The van der Waals surface area contributed by atoms with Gasteiger partial charge in [0.05, 0.1) is 18.9 Å². The monoisotopic (exact) mass is 416 g/mol. The summed E-state index contributed by atoms with van der Waals surface area (Å²) < 4.78 is 33.0. The van der Waals surface area contributed by atoms with Crippen LogP contribution in [0.2, 0.25) is 0 Å². The Balaban J connectivity index is 1.87. The van der Waals surface area contributed by atoms with Gasteiger partial charge in [0.15, 0.2) is 0 Å². The Morgan fingerprint density at radius 3 is 2.70 bits per heavy atom. The molecule has 2 aromatic carbocycles. The molecule has 8 heteroatoms. The second-order valence-electron chi connectivity index (χ2n) is 5.99. The fraction of sp³-hybridized carbons (Fsp3) is 0.105. The molecule has 0 amide bonds.